The molecule has 1 amide bonds. The lowest BCUT2D eigenvalue weighted by Crippen LogP contribution is -2.47. The molecule has 0 aliphatic rings. The SMILES string of the molecule is CC(Nc1ccc(S(N)(=O)=O)c(C(F)(F)F)c1)C(=O)NC(C)(C)C. The topological polar surface area (TPSA) is 101 Å². The highest BCUT2D eigenvalue weighted by molar-refractivity contribution is 7.89. The van der Waals surface area contributed by atoms with E-state index < -0.39 is 44.1 Å². The fraction of sp³-hybridized carbons (Fsp3) is 0.500. The van der Waals surface area contributed by atoms with E-state index in [0.717, 1.165) is 12.1 Å². The van der Waals surface area contributed by atoms with E-state index in [1.54, 1.807) is 20.8 Å². The summed E-state index contributed by atoms with van der Waals surface area (Å²) in [6.07, 6.45) is -4.91. The molecule has 0 spiro atoms. The summed E-state index contributed by atoms with van der Waals surface area (Å²) >= 11 is 0. The molecule has 0 bridgehead atoms. The highest BCUT2D eigenvalue weighted by Crippen LogP contribution is 2.35. The molecule has 1 unspecified atom stereocenters. The lowest BCUT2D eigenvalue weighted by atomic mass is 10.1. The van der Waals surface area contributed by atoms with Crippen molar-refractivity contribution in [3.8, 4) is 0 Å². The summed E-state index contributed by atoms with van der Waals surface area (Å²) < 4.78 is 61.7. The Labute approximate surface area is 138 Å². The molecule has 1 rings (SSSR count). The van der Waals surface area contributed by atoms with Crippen LogP contribution in [0.15, 0.2) is 23.1 Å². The first kappa shape index (κ1) is 20.2. The second-order valence-corrected chi connectivity index (χ2v) is 7.89. The first-order chi connectivity index (χ1) is 10.6. The number of carbonyl (C=O) groups is 1. The van der Waals surface area contributed by atoms with E-state index in [1.165, 1.54) is 6.92 Å². The average molecular weight is 367 g/mol. The second-order valence-electron chi connectivity index (χ2n) is 6.36. The summed E-state index contributed by atoms with van der Waals surface area (Å²) in [4.78, 5) is 10.9. The fourth-order valence-electron chi connectivity index (χ4n) is 1.88. The van der Waals surface area contributed by atoms with Crippen LogP contribution in [0.2, 0.25) is 0 Å². The normalized spacial score (nSPS) is 14.2. The molecule has 24 heavy (non-hydrogen) atoms. The van der Waals surface area contributed by atoms with Crippen LogP contribution in [0.25, 0.3) is 0 Å². The van der Waals surface area contributed by atoms with Crippen LogP contribution in [0.1, 0.15) is 33.3 Å². The minimum atomic E-state index is -4.91. The highest BCUT2D eigenvalue weighted by Gasteiger charge is 2.36. The van der Waals surface area contributed by atoms with E-state index in [-0.39, 0.29) is 5.69 Å². The van der Waals surface area contributed by atoms with Crippen molar-refractivity contribution in [2.24, 2.45) is 5.14 Å². The van der Waals surface area contributed by atoms with Gasteiger partial charge < -0.3 is 10.6 Å². The van der Waals surface area contributed by atoms with Gasteiger partial charge in [0, 0.05) is 11.2 Å². The Morgan fingerprint density at radius 1 is 1.21 bits per heavy atom. The number of primary sulfonamides is 1. The Morgan fingerprint density at radius 2 is 1.75 bits per heavy atom. The summed E-state index contributed by atoms with van der Waals surface area (Å²) in [6.45, 7) is 6.77. The van der Waals surface area contributed by atoms with Gasteiger partial charge in [-0.2, -0.15) is 13.2 Å². The Bertz CT molecular complexity index is 725. The second kappa shape index (κ2) is 6.60. The molecule has 6 nitrogen and oxygen atoms in total. The molecule has 0 aliphatic carbocycles. The van der Waals surface area contributed by atoms with Gasteiger partial charge in [0.1, 0.15) is 6.04 Å². The third-order valence-corrected chi connectivity index (χ3v) is 3.84. The van der Waals surface area contributed by atoms with Crippen LogP contribution in [0.4, 0.5) is 18.9 Å². The predicted molar refractivity (Wildman–Crippen MR) is 83.8 cm³/mol. The van der Waals surface area contributed by atoms with Gasteiger partial charge in [0.15, 0.2) is 0 Å². The molecule has 0 fully saturated rings. The van der Waals surface area contributed by atoms with Crippen molar-refractivity contribution in [1.29, 1.82) is 0 Å². The molecule has 136 valence electrons. The van der Waals surface area contributed by atoms with Gasteiger partial charge in [0.2, 0.25) is 15.9 Å². The van der Waals surface area contributed by atoms with Gasteiger partial charge in [0.25, 0.3) is 0 Å². The van der Waals surface area contributed by atoms with Gasteiger partial charge in [-0.3, -0.25) is 4.79 Å². The maximum atomic E-state index is 13.1. The third-order valence-electron chi connectivity index (χ3n) is 2.87. The van der Waals surface area contributed by atoms with Gasteiger partial charge in [0.05, 0.1) is 10.5 Å². The van der Waals surface area contributed by atoms with Gasteiger partial charge in [-0.25, -0.2) is 13.6 Å². The number of amides is 1. The van der Waals surface area contributed by atoms with Crippen LogP contribution in [0.3, 0.4) is 0 Å². The average Bonchev–Trinajstić information content (AvgIpc) is 2.34. The van der Waals surface area contributed by atoms with Crippen molar-refractivity contribution in [1.82, 2.24) is 5.32 Å². The number of benzene rings is 1. The molecule has 0 radical (unpaired) electrons. The minimum Gasteiger partial charge on any atom is -0.374 e. The smallest absolute Gasteiger partial charge is 0.374 e. The van der Waals surface area contributed by atoms with Gasteiger partial charge in [-0.05, 0) is 45.9 Å². The molecule has 0 aliphatic heterocycles. The largest absolute Gasteiger partial charge is 0.417 e. The minimum absolute atomic E-state index is 0.0497. The van der Waals surface area contributed by atoms with Crippen LogP contribution >= 0.6 is 0 Å². The Morgan fingerprint density at radius 3 is 2.17 bits per heavy atom. The molecule has 0 aromatic heterocycles. The third kappa shape index (κ3) is 5.68. The Hall–Kier alpha value is -1.81. The van der Waals surface area contributed by atoms with E-state index in [2.05, 4.69) is 10.6 Å². The summed E-state index contributed by atoms with van der Waals surface area (Å²) in [5.41, 5.74) is -1.94. The molecule has 1 aromatic carbocycles. The van der Waals surface area contributed by atoms with Crippen LogP contribution < -0.4 is 15.8 Å². The number of carbonyl (C=O) groups excluding carboxylic acids is 1. The van der Waals surface area contributed by atoms with Crippen LogP contribution in [-0.2, 0) is 21.0 Å². The van der Waals surface area contributed by atoms with Crippen molar-refractivity contribution < 1.29 is 26.4 Å². The molecular formula is C14H20F3N3O3S. The molecule has 4 N–H and O–H groups in total. The first-order valence-corrected chi connectivity index (χ1v) is 8.48. The number of nitrogens with two attached hydrogens (primary N) is 1. The zero-order valence-corrected chi connectivity index (χ0v) is 14.5. The number of sulfonamides is 1. The molecule has 0 saturated heterocycles. The molecule has 0 saturated carbocycles. The quantitative estimate of drug-likeness (QED) is 0.758. The Kier molecular flexibility index (Phi) is 5.56. The van der Waals surface area contributed by atoms with E-state index in [0.29, 0.717) is 6.07 Å². The van der Waals surface area contributed by atoms with E-state index >= 15 is 0 Å². The molecule has 10 heteroatoms. The summed E-state index contributed by atoms with van der Waals surface area (Å²) in [7, 11) is -4.53. The molecule has 0 heterocycles. The van der Waals surface area contributed by atoms with E-state index in [9.17, 15) is 26.4 Å². The lowest BCUT2D eigenvalue weighted by molar-refractivity contribution is -0.139. The fourth-order valence-corrected chi connectivity index (χ4v) is 2.62. The van der Waals surface area contributed by atoms with Crippen LogP contribution in [0.5, 0.6) is 0 Å². The van der Waals surface area contributed by atoms with Crippen molar-refractivity contribution in [2.75, 3.05) is 5.32 Å². The molecule has 1 atom stereocenters. The maximum Gasteiger partial charge on any atom is 0.417 e. The number of alkyl halides is 3. The zero-order valence-electron chi connectivity index (χ0n) is 13.7. The summed E-state index contributed by atoms with van der Waals surface area (Å²) in [5.74, 6) is -0.411. The molecular weight excluding hydrogens is 347 g/mol. The summed E-state index contributed by atoms with van der Waals surface area (Å²) in [5, 5.41) is 10.1. The lowest BCUT2D eigenvalue weighted by Gasteiger charge is -2.24. The number of hydrogen-bond donors (Lipinski definition) is 3. The van der Waals surface area contributed by atoms with Crippen molar-refractivity contribution >= 4 is 21.6 Å². The number of rotatable bonds is 4. The van der Waals surface area contributed by atoms with Crippen molar-refractivity contribution in [3.63, 3.8) is 0 Å². The standard InChI is InChI=1S/C14H20F3N3O3S/c1-8(12(21)20-13(2,3)4)19-9-5-6-11(24(18,22)23)10(7-9)14(15,16)17/h5-8,19H,1-4H3,(H,20,21)(H2,18,22,23). The maximum absolute atomic E-state index is 13.1. The molecule has 1 aromatic rings. The van der Waals surface area contributed by atoms with Gasteiger partial charge >= 0.3 is 6.18 Å². The van der Waals surface area contributed by atoms with Crippen LogP contribution in [-0.4, -0.2) is 25.9 Å². The van der Waals surface area contributed by atoms with Crippen molar-refractivity contribution in [2.45, 2.75) is 50.3 Å². The van der Waals surface area contributed by atoms with E-state index in [4.69, 9.17) is 5.14 Å². The van der Waals surface area contributed by atoms with Gasteiger partial charge in [-0.1, -0.05) is 0 Å². The van der Waals surface area contributed by atoms with E-state index in [1.807, 2.05) is 0 Å². The van der Waals surface area contributed by atoms with Gasteiger partial charge in [-0.15, -0.1) is 0 Å². The number of hydrogen-bond acceptors (Lipinski definition) is 4. The highest BCUT2D eigenvalue weighted by atomic mass is 32.2. The zero-order chi connectivity index (χ0) is 18.9. The monoisotopic (exact) mass is 367 g/mol. The predicted octanol–water partition coefficient (Wildman–Crippen LogP) is 2.07. The Balaban J connectivity index is 3.13. The number of halogens is 3. The number of anilines is 1. The number of nitrogens with one attached hydrogen (secondary N) is 2. The first-order valence-electron chi connectivity index (χ1n) is 6.94. The van der Waals surface area contributed by atoms with Crippen molar-refractivity contribution in [3.05, 3.63) is 23.8 Å². The summed E-state index contributed by atoms with van der Waals surface area (Å²) in [6, 6.07) is 1.66. The van der Waals surface area contributed by atoms with Crippen LogP contribution in [0, 0.1) is 0 Å².